The van der Waals surface area contributed by atoms with Crippen LogP contribution in [0.3, 0.4) is 0 Å². The van der Waals surface area contributed by atoms with Crippen LogP contribution in [0.4, 0.5) is 4.39 Å². The zero-order valence-corrected chi connectivity index (χ0v) is 18.2. The number of benzene rings is 2. The van der Waals surface area contributed by atoms with Gasteiger partial charge in [-0.2, -0.15) is 5.10 Å². The predicted octanol–water partition coefficient (Wildman–Crippen LogP) is 3.85. The fraction of sp³-hybridized carbons (Fsp3) is 0.320. The first kappa shape index (κ1) is 21.7. The highest BCUT2D eigenvalue weighted by atomic mass is 19.1. The molecule has 166 valence electrons. The van der Waals surface area contributed by atoms with Crippen LogP contribution in [-0.2, 0) is 13.5 Å². The normalized spacial score (nSPS) is 17.0. The van der Waals surface area contributed by atoms with E-state index in [0.717, 1.165) is 17.5 Å². The van der Waals surface area contributed by atoms with Crippen molar-refractivity contribution in [2.75, 3.05) is 13.7 Å². The van der Waals surface area contributed by atoms with E-state index in [1.807, 2.05) is 43.6 Å². The van der Waals surface area contributed by atoms with Gasteiger partial charge in [0, 0.05) is 37.8 Å². The van der Waals surface area contributed by atoms with E-state index in [2.05, 4.69) is 10.4 Å². The molecule has 0 saturated heterocycles. The van der Waals surface area contributed by atoms with Gasteiger partial charge >= 0.3 is 0 Å². The van der Waals surface area contributed by atoms with Crippen molar-refractivity contribution in [3.63, 3.8) is 0 Å². The number of aromatic nitrogens is 2. The SMILES string of the molecule is CNC(=O)c1cc(C(=O)CCCc2cnn(C)c2)cc2c1O[C@H](CF)[C@H]2c1ccccc1. The van der Waals surface area contributed by atoms with Crippen molar-refractivity contribution in [3.05, 3.63) is 82.7 Å². The molecule has 0 unspecified atom stereocenters. The molecule has 32 heavy (non-hydrogen) atoms. The molecule has 1 aromatic heterocycles. The first-order valence-electron chi connectivity index (χ1n) is 10.7. The summed E-state index contributed by atoms with van der Waals surface area (Å²) in [7, 11) is 3.38. The number of ketones is 1. The lowest BCUT2D eigenvalue weighted by atomic mass is 9.86. The Bertz CT molecular complexity index is 1130. The van der Waals surface area contributed by atoms with E-state index in [1.54, 1.807) is 23.0 Å². The molecule has 0 spiro atoms. The Morgan fingerprint density at radius 3 is 2.66 bits per heavy atom. The molecule has 0 fully saturated rings. The van der Waals surface area contributed by atoms with Gasteiger partial charge < -0.3 is 10.1 Å². The maximum Gasteiger partial charge on any atom is 0.254 e. The van der Waals surface area contributed by atoms with Gasteiger partial charge in [-0.05, 0) is 36.1 Å². The van der Waals surface area contributed by atoms with Crippen molar-refractivity contribution in [1.29, 1.82) is 0 Å². The van der Waals surface area contributed by atoms with Crippen molar-refractivity contribution in [3.8, 4) is 5.75 Å². The molecule has 6 nitrogen and oxygen atoms in total. The molecule has 0 radical (unpaired) electrons. The molecule has 0 aliphatic carbocycles. The first-order valence-corrected chi connectivity index (χ1v) is 10.7. The summed E-state index contributed by atoms with van der Waals surface area (Å²) in [5.74, 6) is -0.453. The summed E-state index contributed by atoms with van der Waals surface area (Å²) in [6.45, 7) is -0.699. The molecule has 4 rings (SSSR count). The minimum atomic E-state index is -0.744. The molecular weight excluding hydrogens is 409 g/mol. The molecule has 2 atom stereocenters. The summed E-state index contributed by atoms with van der Waals surface area (Å²) in [6.07, 6.45) is 4.73. The Kier molecular flexibility index (Phi) is 6.35. The Morgan fingerprint density at radius 2 is 2.00 bits per heavy atom. The maximum absolute atomic E-state index is 13.9. The van der Waals surface area contributed by atoms with E-state index in [0.29, 0.717) is 29.7 Å². The molecular formula is C25H26FN3O3. The average molecular weight is 435 g/mol. The largest absolute Gasteiger partial charge is 0.486 e. The first-order chi connectivity index (χ1) is 15.5. The number of hydrogen-bond donors (Lipinski definition) is 1. The lowest BCUT2D eigenvalue weighted by Crippen LogP contribution is -2.22. The number of Topliss-reactive ketones (excluding diaryl/α,β-unsaturated/α-hetero) is 1. The fourth-order valence-electron chi connectivity index (χ4n) is 4.27. The van der Waals surface area contributed by atoms with E-state index in [-0.39, 0.29) is 23.2 Å². The van der Waals surface area contributed by atoms with Crippen LogP contribution in [0.25, 0.3) is 0 Å². The molecule has 1 amide bonds. The molecule has 0 saturated carbocycles. The number of alkyl halides is 1. The highest BCUT2D eigenvalue weighted by molar-refractivity contribution is 6.03. The third-order valence-electron chi connectivity index (χ3n) is 5.83. The summed E-state index contributed by atoms with van der Waals surface area (Å²) in [5, 5.41) is 6.75. The van der Waals surface area contributed by atoms with E-state index in [9.17, 15) is 14.0 Å². The number of hydrogen-bond acceptors (Lipinski definition) is 4. The predicted molar refractivity (Wildman–Crippen MR) is 119 cm³/mol. The van der Waals surface area contributed by atoms with Gasteiger partial charge in [-0.15, -0.1) is 0 Å². The van der Waals surface area contributed by atoms with E-state index >= 15 is 0 Å². The van der Waals surface area contributed by atoms with Crippen molar-refractivity contribution >= 4 is 11.7 Å². The van der Waals surface area contributed by atoms with Gasteiger partial charge in [0.2, 0.25) is 0 Å². The number of fused-ring (bicyclic) bond motifs is 1. The standard InChI is InChI=1S/C25H26FN3O3/c1-27-25(31)20-12-18(21(30)10-6-7-16-14-28-29(2)15-16)11-19-23(17-8-4-3-5-9-17)22(13-26)32-24(19)20/h3-5,8-9,11-12,14-15,22-23H,6-7,10,13H2,1-2H3,(H,27,31)/t22-,23+/m1/s1. The zero-order valence-electron chi connectivity index (χ0n) is 18.2. The van der Waals surface area contributed by atoms with Gasteiger partial charge in [-0.25, -0.2) is 4.39 Å². The number of nitrogens with zero attached hydrogens (tertiary/aromatic N) is 2. The van der Waals surface area contributed by atoms with Crippen LogP contribution in [-0.4, -0.2) is 41.3 Å². The highest BCUT2D eigenvalue weighted by Gasteiger charge is 2.39. The number of nitrogens with one attached hydrogen (secondary N) is 1. The third-order valence-corrected chi connectivity index (χ3v) is 5.83. The molecule has 2 aromatic carbocycles. The topological polar surface area (TPSA) is 73.2 Å². The molecule has 1 aliphatic heterocycles. The van der Waals surface area contributed by atoms with Gasteiger partial charge in [-0.1, -0.05) is 30.3 Å². The van der Waals surface area contributed by atoms with Gasteiger partial charge in [0.15, 0.2) is 5.78 Å². The minimum Gasteiger partial charge on any atom is -0.486 e. The van der Waals surface area contributed by atoms with Crippen LogP contribution >= 0.6 is 0 Å². The zero-order chi connectivity index (χ0) is 22.7. The molecule has 2 heterocycles. The lowest BCUT2D eigenvalue weighted by Gasteiger charge is -2.16. The Labute approximate surface area is 186 Å². The van der Waals surface area contributed by atoms with Crippen molar-refractivity contribution < 1.29 is 18.7 Å². The Hall–Kier alpha value is -3.48. The van der Waals surface area contributed by atoms with Gasteiger partial charge in [0.05, 0.1) is 17.7 Å². The van der Waals surface area contributed by atoms with Crippen LogP contribution in [0.1, 0.15) is 56.2 Å². The second-order valence-electron chi connectivity index (χ2n) is 8.02. The number of carbonyl (C=O) groups is 2. The third kappa shape index (κ3) is 4.28. The molecule has 3 aromatic rings. The van der Waals surface area contributed by atoms with Crippen molar-refractivity contribution in [2.45, 2.75) is 31.3 Å². The summed E-state index contributed by atoms with van der Waals surface area (Å²) in [4.78, 5) is 25.6. The number of amides is 1. The molecule has 1 aliphatic rings. The van der Waals surface area contributed by atoms with E-state index < -0.39 is 12.8 Å². The summed E-state index contributed by atoms with van der Waals surface area (Å²) < 4.78 is 21.5. The molecule has 1 N–H and O–H groups in total. The average Bonchev–Trinajstić information content (AvgIpc) is 3.41. The number of carbonyl (C=O) groups excluding carboxylic acids is 2. The fourth-order valence-corrected chi connectivity index (χ4v) is 4.27. The quantitative estimate of drug-likeness (QED) is 0.546. The lowest BCUT2D eigenvalue weighted by molar-refractivity contribution is 0.0955. The van der Waals surface area contributed by atoms with Gasteiger partial charge in [0.1, 0.15) is 18.5 Å². The molecule has 0 bridgehead atoms. The van der Waals surface area contributed by atoms with E-state index in [4.69, 9.17) is 4.74 Å². The van der Waals surface area contributed by atoms with Gasteiger partial charge in [-0.3, -0.25) is 14.3 Å². The highest BCUT2D eigenvalue weighted by Crippen LogP contribution is 2.45. The second kappa shape index (κ2) is 9.34. The monoisotopic (exact) mass is 435 g/mol. The summed E-state index contributed by atoms with van der Waals surface area (Å²) in [5.41, 5.74) is 3.34. The summed E-state index contributed by atoms with van der Waals surface area (Å²) in [6, 6.07) is 12.8. The number of ether oxygens (including phenoxy) is 1. The minimum absolute atomic E-state index is 0.0580. The summed E-state index contributed by atoms with van der Waals surface area (Å²) >= 11 is 0. The number of rotatable bonds is 8. The van der Waals surface area contributed by atoms with Gasteiger partial charge in [0.25, 0.3) is 5.91 Å². The van der Waals surface area contributed by atoms with Crippen LogP contribution in [0.15, 0.2) is 54.9 Å². The second-order valence-corrected chi connectivity index (χ2v) is 8.02. The van der Waals surface area contributed by atoms with Crippen LogP contribution in [0.5, 0.6) is 5.75 Å². The smallest absolute Gasteiger partial charge is 0.254 e. The number of aryl methyl sites for hydroxylation is 2. The van der Waals surface area contributed by atoms with Crippen LogP contribution < -0.4 is 10.1 Å². The van der Waals surface area contributed by atoms with Crippen LogP contribution in [0.2, 0.25) is 0 Å². The van der Waals surface area contributed by atoms with Crippen molar-refractivity contribution in [2.24, 2.45) is 7.05 Å². The maximum atomic E-state index is 13.9. The molecule has 7 heteroatoms. The van der Waals surface area contributed by atoms with Crippen LogP contribution in [0, 0.1) is 0 Å². The van der Waals surface area contributed by atoms with E-state index in [1.165, 1.54) is 7.05 Å². The Morgan fingerprint density at radius 1 is 1.22 bits per heavy atom. The number of halogens is 1. The van der Waals surface area contributed by atoms with Crippen molar-refractivity contribution in [1.82, 2.24) is 15.1 Å². The Balaban J connectivity index is 1.65.